The van der Waals surface area contributed by atoms with E-state index in [1.165, 1.54) is 0 Å². The number of terminal acetylenes is 1. The molecule has 0 unspecified atom stereocenters. The van der Waals surface area contributed by atoms with Crippen LogP contribution in [-0.4, -0.2) is 17.0 Å². The summed E-state index contributed by atoms with van der Waals surface area (Å²) in [5, 5.41) is 0. The van der Waals surface area contributed by atoms with E-state index in [1.807, 2.05) is 6.20 Å². The minimum atomic E-state index is 0.514. The Balaban J connectivity index is 4.14. The van der Waals surface area contributed by atoms with Crippen LogP contribution in [0.3, 0.4) is 0 Å². The minimum absolute atomic E-state index is 0.514. The fourth-order valence-electron chi connectivity index (χ4n) is 1.07. The highest BCUT2D eigenvalue weighted by Crippen LogP contribution is 2.04. The van der Waals surface area contributed by atoms with E-state index in [0.29, 0.717) is 12.1 Å². The second-order valence-corrected chi connectivity index (χ2v) is 3.12. The smallest absolute Gasteiger partial charge is 0.0230 e. The lowest BCUT2D eigenvalue weighted by molar-refractivity contribution is 0.256. The van der Waals surface area contributed by atoms with E-state index < -0.39 is 0 Å². The minimum Gasteiger partial charge on any atom is -0.372 e. The first kappa shape index (κ1) is 10.1. The third kappa shape index (κ3) is 3.72. The molecule has 0 aliphatic rings. The van der Waals surface area contributed by atoms with Gasteiger partial charge >= 0.3 is 0 Å². The predicted octanol–water partition coefficient (Wildman–Crippen LogP) is 2.25. The zero-order chi connectivity index (χ0) is 8.85. The molecule has 0 spiro atoms. The van der Waals surface area contributed by atoms with E-state index >= 15 is 0 Å². The largest absolute Gasteiger partial charge is 0.372 e. The van der Waals surface area contributed by atoms with Crippen LogP contribution in [0.25, 0.3) is 0 Å². The van der Waals surface area contributed by atoms with Crippen LogP contribution in [0.4, 0.5) is 0 Å². The Hall–Kier alpha value is -0.900. The summed E-state index contributed by atoms with van der Waals surface area (Å²) in [7, 11) is 0. The molecule has 0 heterocycles. The first-order valence-corrected chi connectivity index (χ1v) is 3.99. The third-order valence-corrected chi connectivity index (χ3v) is 1.54. The highest BCUT2D eigenvalue weighted by Gasteiger charge is 2.06. The predicted molar refractivity (Wildman–Crippen MR) is 50.1 cm³/mol. The number of rotatable bonds is 3. The van der Waals surface area contributed by atoms with Crippen molar-refractivity contribution >= 4 is 0 Å². The molecule has 0 aliphatic carbocycles. The van der Waals surface area contributed by atoms with Crippen molar-refractivity contribution < 1.29 is 0 Å². The summed E-state index contributed by atoms with van der Waals surface area (Å²) in [6.45, 7) is 8.61. The molecule has 0 aliphatic heterocycles. The fraction of sp³-hybridized carbons (Fsp3) is 0.600. The van der Waals surface area contributed by atoms with Gasteiger partial charge in [-0.15, -0.1) is 6.42 Å². The fourth-order valence-corrected chi connectivity index (χ4v) is 1.07. The van der Waals surface area contributed by atoms with Crippen LogP contribution in [-0.2, 0) is 0 Å². The molecule has 0 saturated heterocycles. The molecule has 0 bridgehead atoms. The van der Waals surface area contributed by atoms with Gasteiger partial charge in [0.2, 0.25) is 0 Å². The van der Waals surface area contributed by atoms with Gasteiger partial charge in [0.05, 0.1) is 0 Å². The normalized spacial score (nSPS) is 11.0. The van der Waals surface area contributed by atoms with Crippen LogP contribution in [0.5, 0.6) is 0 Å². The molecule has 0 saturated carbocycles. The van der Waals surface area contributed by atoms with Gasteiger partial charge in [-0.3, -0.25) is 0 Å². The maximum atomic E-state index is 5.11. The Morgan fingerprint density at radius 1 is 1.18 bits per heavy atom. The average Bonchev–Trinajstić information content (AvgIpc) is 1.87. The van der Waals surface area contributed by atoms with Crippen molar-refractivity contribution in [3.8, 4) is 12.3 Å². The summed E-state index contributed by atoms with van der Waals surface area (Å²) in [6.07, 6.45) is 8.82. The van der Waals surface area contributed by atoms with Gasteiger partial charge in [-0.1, -0.05) is 5.92 Å². The molecule has 0 aromatic heterocycles. The first-order chi connectivity index (χ1) is 5.09. The maximum Gasteiger partial charge on any atom is 0.0230 e. The monoisotopic (exact) mass is 151 g/mol. The van der Waals surface area contributed by atoms with Crippen molar-refractivity contribution in [3.63, 3.8) is 0 Å². The van der Waals surface area contributed by atoms with Crippen molar-refractivity contribution in [2.45, 2.75) is 39.8 Å². The van der Waals surface area contributed by atoms with Crippen LogP contribution in [0.2, 0.25) is 0 Å². The van der Waals surface area contributed by atoms with Crippen LogP contribution < -0.4 is 0 Å². The van der Waals surface area contributed by atoms with Crippen molar-refractivity contribution in [3.05, 3.63) is 12.3 Å². The summed E-state index contributed by atoms with van der Waals surface area (Å²) in [5.41, 5.74) is 0. The lowest BCUT2D eigenvalue weighted by Gasteiger charge is -2.28. The lowest BCUT2D eigenvalue weighted by Crippen LogP contribution is -2.31. The Bertz CT molecular complexity index is 152. The summed E-state index contributed by atoms with van der Waals surface area (Å²) >= 11 is 0. The van der Waals surface area contributed by atoms with Crippen molar-refractivity contribution in [1.29, 1.82) is 0 Å². The van der Waals surface area contributed by atoms with Gasteiger partial charge < -0.3 is 4.90 Å². The van der Waals surface area contributed by atoms with Gasteiger partial charge in [-0.05, 0) is 27.7 Å². The van der Waals surface area contributed by atoms with Gasteiger partial charge in [-0.25, -0.2) is 0 Å². The van der Waals surface area contributed by atoms with E-state index in [0.717, 1.165) is 0 Å². The first-order valence-electron chi connectivity index (χ1n) is 3.99. The number of hydrogen-bond acceptors (Lipinski definition) is 1. The second-order valence-electron chi connectivity index (χ2n) is 3.12. The zero-order valence-corrected chi connectivity index (χ0v) is 7.83. The van der Waals surface area contributed by atoms with Gasteiger partial charge in [0.15, 0.2) is 0 Å². The molecule has 62 valence electrons. The SMILES string of the molecule is C#C/C=C/N(C(C)C)C(C)C. The van der Waals surface area contributed by atoms with E-state index in [9.17, 15) is 0 Å². The Labute approximate surface area is 70.1 Å². The second kappa shape index (κ2) is 4.85. The topological polar surface area (TPSA) is 3.24 Å². The third-order valence-electron chi connectivity index (χ3n) is 1.54. The molecule has 0 N–H and O–H groups in total. The quantitative estimate of drug-likeness (QED) is 0.559. The molecule has 0 aromatic carbocycles. The summed E-state index contributed by atoms with van der Waals surface area (Å²) in [4.78, 5) is 2.22. The average molecular weight is 151 g/mol. The summed E-state index contributed by atoms with van der Waals surface area (Å²) < 4.78 is 0. The van der Waals surface area contributed by atoms with E-state index in [2.05, 4.69) is 38.5 Å². The molecular formula is C10H17N. The van der Waals surface area contributed by atoms with Crippen LogP contribution in [0, 0.1) is 12.3 Å². The molecule has 0 fully saturated rings. The van der Waals surface area contributed by atoms with Crippen molar-refractivity contribution in [1.82, 2.24) is 4.90 Å². The zero-order valence-electron chi connectivity index (χ0n) is 7.83. The van der Waals surface area contributed by atoms with Crippen molar-refractivity contribution in [2.24, 2.45) is 0 Å². The van der Waals surface area contributed by atoms with Gasteiger partial charge in [0, 0.05) is 24.4 Å². The van der Waals surface area contributed by atoms with Crippen LogP contribution in [0.15, 0.2) is 12.3 Å². The Kier molecular flexibility index (Phi) is 4.45. The molecule has 0 aromatic rings. The highest BCUT2D eigenvalue weighted by atomic mass is 15.1. The van der Waals surface area contributed by atoms with Gasteiger partial charge in [0.25, 0.3) is 0 Å². The molecule has 0 amide bonds. The summed E-state index contributed by atoms with van der Waals surface area (Å²) in [5.74, 6) is 2.49. The molecule has 0 atom stereocenters. The van der Waals surface area contributed by atoms with E-state index in [1.54, 1.807) is 6.08 Å². The van der Waals surface area contributed by atoms with Crippen LogP contribution >= 0.6 is 0 Å². The number of nitrogens with zero attached hydrogens (tertiary/aromatic N) is 1. The number of hydrogen-bond donors (Lipinski definition) is 0. The van der Waals surface area contributed by atoms with Gasteiger partial charge in [-0.2, -0.15) is 0 Å². The molecular weight excluding hydrogens is 134 g/mol. The molecule has 11 heavy (non-hydrogen) atoms. The highest BCUT2D eigenvalue weighted by molar-refractivity contribution is 5.08. The lowest BCUT2D eigenvalue weighted by atomic mass is 10.2. The Morgan fingerprint density at radius 2 is 1.64 bits per heavy atom. The van der Waals surface area contributed by atoms with E-state index in [4.69, 9.17) is 6.42 Å². The molecule has 0 rings (SSSR count). The molecule has 1 heteroatoms. The molecule has 1 nitrogen and oxygen atoms in total. The standard InChI is InChI=1S/C10H17N/c1-6-7-8-11(9(2)3)10(4)5/h1,7-10H,2-5H3/b8-7+. The van der Waals surface area contributed by atoms with Crippen molar-refractivity contribution in [2.75, 3.05) is 0 Å². The number of allylic oxidation sites excluding steroid dienone is 1. The molecule has 0 radical (unpaired) electrons. The maximum absolute atomic E-state index is 5.11. The Morgan fingerprint density at radius 3 is 1.91 bits per heavy atom. The van der Waals surface area contributed by atoms with E-state index in [-0.39, 0.29) is 0 Å². The van der Waals surface area contributed by atoms with Gasteiger partial charge in [0.1, 0.15) is 0 Å². The van der Waals surface area contributed by atoms with Crippen LogP contribution in [0.1, 0.15) is 27.7 Å². The summed E-state index contributed by atoms with van der Waals surface area (Å²) in [6, 6.07) is 1.03.